The molecule has 0 aliphatic carbocycles. The van der Waals surface area contributed by atoms with E-state index >= 15 is 0 Å². The minimum atomic E-state index is -3.80. The van der Waals surface area contributed by atoms with Crippen LogP contribution >= 0.6 is 23.2 Å². The van der Waals surface area contributed by atoms with Gasteiger partial charge in [0.1, 0.15) is 0 Å². The Morgan fingerprint density at radius 3 is 2.31 bits per heavy atom. The highest BCUT2D eigenvalue weighted by atomic mass is 35.5. The molecule has 3 rings (SSSR count). The highest BCUT2D eigenvalue weighted by molar-refractivity contribution is 7.92. The quantitative estimate of drug-likeness (QED) is 0.444. The number of aromatic nitrogens is 2. The highest BCUT2D eigenvalue weighted by Gasteiger charge is 2.19. The number of benzene rings is 2. The van der Waals surface area contributed by atoms with Gasteiger partial charge in [0.25, 0.3) is 10.0 Å². The molecule has 0 unspecified atom stereocenters. The lowest BCUT2D eigenvalue weighted by Gasteiger charge is -2.11. The topological polar surface area (TPSA) is 101 Å². The second kappa shape index (κ2) is 9.94. The largest absolute Gasteiger partial charge is 0.481 e. The molecule has 0 spiro atoms. The van der Waals surface area contributed by atoms with Gasteiger partial charge in [0.2, 0.25) is 0 Å². The van der Waals surface area contributed by atoms with E-state index in [2.05, 4.69) is 9.82 Å². The van der Waals surface area contributed by atoms with E-state index in [-0.39, 0.29) is 16.3 Å². The van der Waals surface area contributed by atoms with Crippen molar-refractivity contribution >= 4 is 44.9 Å². The third kappa shape index (κ3) is 5.43. The molecule has 2 N–H and O–H groups in total. The Hall–Kier alpha value is -2.55. The lowest BCUT2D eigenvalue weighted by Crippen LogP contribution is -2.13. The number of nitrogens with one attached hydrogen (secondary N) is 1. The van der Waals surface area contributed by atoms with Gasteiger partial charge >= 0.3 is 5.97 Å². The van der Waals surface area contributed by atoms with Crippen molar-refractivity contribution in [2.24, 2.45) is 0 Å². The summed E-state index contributed by atoms with van der Waals surface area (Å²) in [7, 11) is -3.80. The number of sulfonamides is 1. The van der Waals surface area contributed by atoms with Crippen LogP contribution in [0.2, 0.25) is 10.0 Å². The third-order valence-electron chi connectivity index (χ3n) is 4.99. The molecule has 0 bridgehead atoms. The molecule has 3 aromatic rings. The molecule has 0 aliphatic rings. The molecule has 0 radical (unpaired) electrons. The van der Waals surface area contributed by atoms with E-state index in [1.54, 1.807) is 16.8 Å². The van der Waals surface area contributed by atoms with Crippen LogP contribution in [0.4, 0.5) is 5.69 Å². The summed E-state index contributed by atoms with van der Waals surface area (Å²) in [5.74, 6) is -0.891. The fourth-order valence-electron chi connectivity index (χ4n) is 3.48. The zero-order chi connectivity index (χ0) is 23.5. The molecule has 0 atom stereocenters. The van der Waals surface area contributed by atoms with Gasteiger partial charge in [-0.2, -0.15) is 5.10 Å². The zero-order valence-electron chi connectivity index (χ0n) is 17.6. The highest BCUT2D eigenvalue weighted by Crippen LogP contribution is 2.27. The Labute approximate surface area is 197 Å². The van der Waals surface area contributed by atoms with Crippen LogP contribution in [0, 0.1) is 0 Å². The summed E-state index contributed by atoms with van der Waals surface area (Å²) < 4.78 is 29.7. The molecule has 0 saturated heterocycles. The van der Waals surface area contributed by atoms with Gasteiger partial charge in [0.15, 0.2) is 0 Å². The van der Waals surface area contributed by atoms with Crippen molar-refractivity contribution in [2.45, 2.75) is 44.6 Å². The summed E-state index contributed by atoms with van der Waals surface area (Å²) in [5.41, 5.74) is 3.56. The van der Waals surface area contributed by atoms with Crippen LogP contribution in [-0.4, -0.2) is 29.3 Å². The van der Waals surface area contributed by atoms with E-state index in [1.807, 2.05) is 13.8 Å². The second-order valence-electron chi connectivity index (χ2n) is 7.19. The molecular formula is C22H23Cl2N3O4S. The van der Waals surface area contributed by atoms with Crippen molar-refractivity contribution in [3.63, 3.8) is 0 Å². The van der Waals surface area contributed by atoms with Crippen LogP contribution < -0.4 is 4.72 Å². The zero-order valence-corrected chi connectivity index (χ0v) is 19.9. The fourth-order valence-corrected chi connectivity index (χ4v) is 4.82. The third-order valence-corrected chi connectivity index (χ3v) is 7.12. The predicted molar refractivity (Wildman–Crippen MR) is 125 cm³/mol. The first-order valence-electron chi connectivity index (χ1n) is 10.0. The second-order valence-corrected chi connectivity index (χ2v) is 9.68. The van der Waals surface area contributed by atoms with Crippen LogP contribution in [0.5, 0.6) is 0 Å². The summed E-state index contributed by atoms with van der Waals surface area (Å²) in [6.45, 7) is 4.32. The molecule has 2 aromatic carbocycles. The summed E-state index contributed by atoms with van der Waals surface area (Å²) >= 11 is 11.8. The van der Waals surface area contributed by atoms with Gasteiger partial charge in [-0.3, -0.25) is 14.2 Å². The summed E-state index contributed by atoms with van der Waals surface area (Å²) in [6.07, 6.45) is 1.22. The molecule has 0 saturated carbocycles. The minimum Gasteiger partial charge on any atom is -0.481 e. The Morgan fingerprint density at radius 2 is 1.75 bits per heavy atom. The Morgan fingerprint density at radius 1 is 1.06 bits per heavy atom. The average molecular weight is 496 g/mol. The molecule has 7 nitrogen and oxygen atoms in total. The Kier molecular flexibility index (Phi) is 7.48. The minimum absolute atomic E-state index is 0.0656. The first-order valence-corrected chi connectivity index (χ1v) is 12.2. The standard InChI is InChI=1S/C22H23Cl2N3O4S/c1-3-20-17(12-22(28)29)21(4-2)27(25-20)13-14-5-8-16(9-6-14)32(30,31)26-15-7-10-18(23)19(24)11-15/h5-11,26H,3-4,12-13H2,1-2H3,(H,28,29). The van der Waals surface area contributed by atoms with Crippen LogP contribution in [0.15, 0.2) is 47.4 Å². The smallest absolute Gasteiger partial charge is 0.307 e. The molecule has 0 fully saturated rings. The van der Waals surface area contributed by atoms with E-state index in [1.165, 1.54) is 30.3 Å². The summed E-state index contributed by atoms with van der Waals surface area (Å²) in [4.78, 5) is 11.4. The Bertz CT molecular complexity index is 1240. The first kappa shape index (κ1) is 24.1. The van der Waals surface area contributed by atoms with Crippen LogP contribution in [-0.2, 0) is 40.6 Å². The van der Waals surface area contributed by atoms with Gasteiger partial charge < -0.3 is 5.11 Å². The van der Waals surface area contributed by atoms with Gasteiger partial charge in [-0.05, 0) is 48.7 Å². The fraction of sp³-hybridized carbons (Fsp3) is 0.273. The van der Waals surface area contributed by atoms with Crippen molar-refractivity contribution in [2.75, 3.05) is 4.72 Å². The van der Waals surface area contributed by atoms with E-state index in [4.69, 9.17) is 23.2 Å². The molecule has 170 valence electrons. The van der Waals surface area contributed by atoms with E-state index in [0.717, 1.165) is 22.5 Å². The maximum Gasteiger partial charge on any atom is 0.307 e. The monoisotopic (exact) mass is 495 g/mol. The van der Waals surface area contributed by atoms with Gasteiger partial charge in [-0.1, -0.05) is 49.2 Å². The number of halogens is 2. The first-order chi connectivity index (χ1) is 15.1. The number of nitrogens with zero attached hydrogens (tertiary/aromatic N) is 2. The number of carboxylic acid groups (broad SMARTS) is 1. The molecular weight excluding hydrogens is 473 g/mol. The van der Waals surface area contributed by atoms with Crippen LogP contribution in [0.3, 0.4) is 0 Å². The summed E-state index contributed by atoms with van der Waals surface area (Å²) in [5, 5.41) is 14.4. The number of hydrogen-bond donors (Lipinski definition) is 2. The van der Waals surface area contributed by atoms with Gasteiger partial charge in [-0.15, -0.1) is 0 Å². The molecule has 0 aliphatic heterocycles. The summed E-state index contributed by atoms with van der Waals surface area (Å²) in [6, 6.07) is 11.0. The van der Waals surface area contributed by atoms with Gasteiger partial charge in [0.05, 0.1) is 39.3 Å². The number of anilines is 1. The molecule has 10 heteroatoms. The number of aryl methyl sites for hydroxylation is 1. The van der Waals surface area contributed by atoms with Crippen molar-refractivity contribution in [1.29, 1.82) is 0 Å². The van der Waals surface area contributed by atoms with Gasteiger partial charge in [0, 0.05) is 11.3 Å². The van der Waals surface area contributed by atoms with Crippen LogP contribution in [0.1, 0.15) is 36.4 Å². The predicted octanol–water partition coefficient (Wildman–Crippen LogP) is 4.79. The van der Waals surface area contributed by atoms with Crippen molar-refractivity contribution in [1.82, 2.24) is 9.78 Å². The number of rotatable bonds is 9. The SMILES string of the molecule is CCc1nn(Cc2ccc(S(=O)(=O)Nc3ccc(Cl)c(Cl)c3)cc2)c(CC)c1CC(=O)O. The number of aliphatic carboxylic acids is 1. The maximum atomic E-state index is 12.7. The van der Waals surface area contributed by atoms with Crippen molar-refractivity contribution in [3.05, 3.63) is 75.0 Å². The van der Waals surface area contributed by atoms with E-state index < -0.39 is 16.0 Å². The van der Waals surface area contributed by atoms with Crippen LogP contribution in [0.25, 0.3) is 0 Å². The number of carbonyl (C=O) groups is 1. The van der Waals surface area contributed by atoms with E-state index in [0.29, 0.717) is 30.1 Å². The molecule has 0 amide bonds. The Balaban J connectivity index is 1.82. The van der Waals surface area contributed by atoms with E-state index in [9.17, 15) is 18.3 Å². The number of carboxylic acids is 1. The molecule has 1 aromatic heterocycles. The molecule has 32 heavy (non-hydrogen) atoms. The maximum absolute atomic E-state index is 12.7. The van der Waals surface area contributed by atoms with Crippen molar-refractivity contribution < 1.29 is 18.3 Å². The normalized spacial score (nSPS) is 11.5. The number of hydrogen-bond acceptors (Lipinski definition) is 4. The van der Waals surface area contributed by atoms with Crippen molar-refractivity contribution in [3.8, 4) is 0 Å². The average Bonchev–Trinajstić information content (AvgIpc) is 3.06. The van der Waals surface area contributed by atoms with Gasteiger partial charge in [-0.25, -0.2) is 8.42 Å². The lowest BCUT2D eigenvalue weighted by atomic mass is 10.1. The molecule has 1 heterocycles. The lowest BCUT2D eigenvalue weighted by molar-refractivity contribution is -0.136.